The molecule has 0 N–H and O–H groups in total. The largest absolute Gasteiger partial charge is 0.287 e. The smallest absolute Gasteiger partial charge is 0.256 e. The molecule has 0 aliphatic carbocycles. The third-order valence-electron chi connectivity index (χ3n) is 6.49. The van der Waals surface area contributed by atoms with Gasteiger partial charge in [0, 0.05) is 37.2 Å². The molecule has 29 heavy (non-hydrogen) atoms. The van der Waals surface area contributed by atoms with E-state index in [4.69, 9.17) is 0 Å². The molecule has 2 unspecified atom stereocenters. The monoisotopic (exact) mass is 501 g/mol. The van der Waals surface area contributed by atoms with Crippen LogP contribution in [-0.4, -0.2) is 25.2 Å². The summed E-state index contributed by atoms with van der Waals surface area (Å²) in [5, 5.41) is 4.65. The van der Waals surface area contributed by atoms with Gasteiger partial charge in [-0.2, -0.15) is 9.67 Å². The van der Waals surface area contributed by atoms with Gasteiger partial charge in [0.15, 0.2) is 6.20 Å². The molecular weight excluding hydrogens is 480 g/mol. The highest BCUT2D eigenvalue weighted by molar-refractivity contribution is 14.1. The lowest BCUT2D eigenvalue weighted by Gasteiger charge is -2.38. The van der Waals surface area contributed by atoms with E-state index in [9.17, 15) is 4.39 Å². The molecule has 0 fully saturated rings. The first kappa shape index (κ1) is 17.6. The van der Waals surface area contributed by atoms with Crippen LogP contribution in [0.4, 0.5) is 10.1 Å². The number of anilines is 1. The van der Waals surface area contributed by atoms with Crippen LogP contribution in [0.25, 0.3) is 11.4 Å². The molecule has 3 aliphatic heterocycles. The Balaban J connectivity index is 1.64. The average Bonchev–Trinajstić information content (AvgIpc) is 3.31. The Morgan fingerprint density at radius 2 is 2.14 bits per heavy atom. The van der Waals surface area contributed by atoms with Crippen molar-refractivity contribution in [3.05, 3.63) is 78.6 Å². The fourth-order valence-electron chi connectivity index (χ4n) is 5.01. The lowest BCUT2D eigenvalue weighted by molar-refractivity contribution is -0.784. The first-order chi connectivity index (χ1) is 14.1. The molecule has 0 saturated carbocycles. The molecule has 2 aromatic heterocycles. The zero-order valence-electron chi connectivity index (χ0n) is 15.8. The van der Waals surface area contributed by atoms with Crippen LogP contribution in [-0.2, 0) is 13.1 Å². The number of hydrogen-bond acceptors (Lipinski definition) is 2. The van der Waals surface area contributed by atoms with Crippen LogP contribution < -0.4 is 9.47 Å². The van der Waals surface area contributed by atoms with Crippen molar-refractivity contribution < 1.29 is 11.7 Å². The van der Waals surface area contributed by atoms with Gasteiger partial charge in [0.2, 0.25) is 18.4 Å². The Hall–Kier alpha value is -2.26. The van der Waals surface area contributed by atoms with Gasteiger partial charge in [-0.25, -0.2) is 7.09 Å². The number of nitrogens with zero attached hydrogens (tertiary/aromatic N) is 5. The topological polar surface area (TPSA) is 24.9 Å². The van der Waals surface area contributed by atoms with E-state index in [1.54, 1.807) is 12.1 Å². The highest BCUT2D eigenvalue weighted by Gasteiger charge is 2.48. The molecule has 0 radical (unpaired) electrons. The van der Waals surface area contributed by atoms with Gasteiger partial charge in [0.25, 0.3) is 22.9 Å². The van der Waals surface area contributed by atoms with E-state index in [0.717, 1.165) is 51.4 Å². The summed E-state index contributed by atoms with van der Waals surface area (Å²) in [6.45, 7) is 2.57. The van der Waals surface area contributed by atoms with Crippen LogP contribution in [0, 0.1) is 5.82 Å². The number of pyridine rings is 1. The zero-order chi connectivity index (χ0) is 19.6. The predicted octanol–water partition coefficient (Wildman–Crippen LogP) is 3.96. The van der Waals surface area contributed by atoms with Crippen LogP contribution >= 0.6 is 22.9 Å². The summed E-state index contributed by atoms with van der Waals surface area (Å²) >= 11 is 2.59. The van der Waals surface area contributed by atoms with E-state index in [1.165, 1.54) is 0 Å². The molecule has 0 saturated heterocycles. The van der Waals surface area contributed by atoms with Gasteiger partial charge in [-0.1, -0.05) is 0 Å². The van der Waals surface area contributed by atoms with Gasteiger partial charge in [-0.05, 0) is 35.9 Å². The number of quaternary nitrogens is 1. The Labute approximate surface area is 182 Å². The number of hydrogen-bond donors (Lipinski definition) is 0. The Morgan fingerprint density at radius 1 is 1.21 bits per heavy atom. The van der Waals surface area contributed by atoms with E-state index in [1.807, 2.05) is 12.3 Å². The van der Waals surface area contributed by atoms with Gasteiger partial charge in [-0.3, -0.25) is 9.58 Å². The fourth-order valence-corrected chi connectivity index (χ4v) is 5.88. The lowest BCUT2D eigenvalue weighted by Crippen LogP contribution is -2.57. The molecule has 4 bridgehead atoms. The van der Waals surface area contributed by atoms with E-state index >= 15 is 0 Å². The Morgan fingerprint density at radius 3 is 3.07 bits per heavy atom. The maximum Gasteiger partial charge on any atom is 0.256 e. The van der Waals surface area contributed by atoms with Crippen molar-refractivity contribution in [2.24, 2.45) is 0 Å². The minimum absolute atomic E-state index is 0.169. The highest BCUT2D eigenvalue weighted by atomic mass is 127. The van der Waals surface area contributed by atoms with E-state index in [-0.39, 0.29) is 17.9 Å². The maximum atomic E-state index is 14.3. The van der Waals surface area contributed by atoms with Gasteiger partial charge in [0.05, 0.1) is 18.4 Å². The quantitative estimate of drug-likeness (QED) is 0.265. The van der Waals surface area contributed by atoms with Gasteiger partial charge in [-0.15, -0.1) is 0 Å². The maximum absolute atomic E-state index is 14.3. The summed E-state index contributed by atoms with van der Waals surface area (Å²) in [6.07, 6.45) is 9.70. The zero-order valence-corrected chi connectivity index (χ0v) is 18.0. The number of fused-ring (bicyclic) bond motifs is 3. The number of halogens is 2. The van der Waals surface area contributed by atoms with Crippen molar-refractivity contribution in [2.45, 2.75) is 31.6 Å². The third-order valence-corrected chi connectivity index (χ3v) is 7.94. The molecule has 6 rings (SSSR count). The molecule has 3 atom stereocenters. The average molecular weight is 501 g/mol. The van der Waals surface area contributed by atoms with Crippen LogP contribution in [0.2, 0.25) is 0 Å². The second-order valence-electron chi connectivity index (χ2n) is 8.06. The summed E-state index contributed by atoms with van der Waals surface area (Å²) < 4.78 is 19.6. The van der Waals surface area contributed by atoms with Crippen molar-refractivity contribution in [3.8, 4) is 11.4 Å². The number of aromatic nitrogens is 3. The SMILES string of the molecule is Fc1ccc2c(c1)C1CC[N+]3(I)C=CN2[C@H]3C[n+]2ccccc2-c2ccnn2C1. The van der Waals surface area contributed by atoms with Gasteiger partial charge < -0.3 is 0 Å². The first-order valence-corrected chi connectivity index (χ1v) is 10.9. The van der Waals surface area contributed by atoms with Crippen LogP contribution in [0.15, 0.2) is 67.3 Å². The minimum Gasteiger partial charge on any atom is -0.287 e. The van der Waals surface area contributed by atoms with Crippen molar-refractivity contribution in [1.29, 1.82) is 0 Å². The van der Waals surface area contributed by atoms with E-state index in [2.05, 4.69) is 85.0 Å². The number of benzene rings is 1. The van der Waals surface area contributed by atoms with Crippen LogP contribution in [0.1, 0.15) is 17.9 Å². The van der Waals surface area contributed by atoms with Crippen molar-refractivity contribution in [2.75, 3.05) is 11.4 Å². The minimum atomic E-state index is -0.169. The van der Waals surface area contributed by atoms with Crippen molar-refractivity contribution in [3.63, 3.8) is 0 Å². The van der Waals surface area contributed by atoms with Crippen LogP contribution in [0.3, 0.4) is 0 Å². The van der Waals surface area contributed by atoms with Crippen molar-refractivity contribution >= 4 is 28.6 Å². The van der Waals surface area contributed by atoms with Crippen molar-refractivity contribution in [1.82, 2.24) is 9.78 Å². The summed E-state index contributed by atoms with van der Waals surface area (Å²) in [5.74, 6) is 0.0303. The fraction of sp³-hybridized carbons (Fsp3) is 0.273. The highest BCUT2D eigenvalue weighted by Crippen LogP contribution is 2.44. The lowest BCUT2D eigenvalue weighted by atomic mass is 9.92. The van der Waals surface area contributed by atoms with Gasteiger partial charge in [0.1, 0.15) is 17.7 Å². The Kier molecular flexibility index (Phi) is 3.86. The molecule has 0 amide bonds. The summed E-state index contributed by atoms with van der Waals surface area (Å²) in [4.78, 5) is 2.35. The summed E-state index contributed by atoms with van der Waals surface area (Å²) in [5.41, 5.74) is 4.48. The first-order valence-electron chi connectivity index (χ1n) is 9.97. The molecular formula is C22H21FIN5+2. The normalized spacial score (nSPS) is 27.0. The van der Waals surface area contributed by atoms with E-state index in [0.29, 0.717) is 0 Å². The second-order valence-corrected chi connectivity index (χ2v) is 9.86. The molecule has 5 heterocycles. The molecule has 7 heteroatoms. The van der Waals surface area contributed by atoms with E-state index < -0.39 is 0 Å². The second kappa shape index (κ2) is 6.37. The molecule has 3 aromatic rings. The molecule has 1 aromatic carbocycles. The predicted molar refractivity (Wildman–Crippen MR) is 116 cm³/mol. The third kappa shape index (κ3) is 2.67. The molecule has 3 aliphatic rings. The molecule has 5 nitrogen and oxygen atoms in total. The van der Waals surface area contributed by atoms with Crippen LogP contribution in [0.5, 0.6) is 0 Å². The number of rotatable bonds is 0. The standard InChI is InChI=1S/C22H21FIN5/c23-17-4-5-19-18(13-17)16-7-11-29(24)12-10-27(19)22(29)15-26-9-2-1-3-20(26)21-6-8-25-28(21)14-16/h1-6,8-10,12-13,16,22H,7,11,14-15H2/q+2/t16?,22-,29?/m1/s1. The Bertz CT molecular complexity index is 1140. The summed E-state index contributed by atoms with van der Waals surface area (Å²) in [7, 11) is 0. The summed E-state index contributed by atoms with van der Waals surface area (Å²) in [6, 6.07) is 13.7. The molecule has 0 spiro atoms. The van der Waals surface area contributed by atoms with Gasteiger partial charge >= 0.3 is 0 Å². The molecule has 146 valence electrons.